The van der Waals surface area contributed by atoms with Crippen LogP contribution in [0.25, 0.3) is 29.2 Å². The lowest BCUT2D eigenvalue weighted by molar-refractivity contribution is -0.131. The van der Waals surface area contributed by atoms with Crippen LogP contribution in [0.4, 0.5) is 0 Å². The van der Waals surface area contributed by atoms with Crippen molar-refractivity contribution in [2.24, 2.45) is 0 Å². The Morgan fingerprint density at radius 3 is 2.35 bits per heavy atom. The van der Waals surface area contributed by atoms with E-state index >= 15 is 0 Å². The molecule has 0 aliphatic heterocycles. The van der Waals surface area contributed by atoms with Crippen molar-refractivity contribution in [3.05, 3.63) is 90.3 Å². The molecule has 4 rings (SSSR count). The first kappa shape index (κ1) is 20.6. The first-order chi connectivity index (χ1) is 15.1. The fraction of sp³-hybridized carbons (Fsp3) is 0.0800. The lowest BCUT2D eigenvalue weighted by atomic mass is 10.2. The second kappa shape index (κ2) is 9.45. The molecular formula is C25H21N3O2S. The Labute approximate surface area is 185 Å². The van der Waals surface area contributed by atoms with Crippen LogP contribution in [0.5, 0.6) is 5.75 Å². The van der Waals surface area contributed by atoms with E-state index in [1.807, 2.05) is 60.7 Å². The molecule has 31 heavy (non-hydrogen) atoms. The van der Waals surface area contributed by atoms with Crippen LogP contribution >= 0.6 is 11.8 Å². The van der Waals surface area contributed by atoms with Gasteiger partial charge in [0.1, 0.15) is 5.75 Å². The number of thioether (sulfide) groups is 1. The summed E-state index contributed by atoms with van der Waals surface area (Å²) in [4.78, 5) is 17.5. The molecule has 0 fully saturated rings. The number of carbonyl (C=O) groups excluding carboxylic acids is 1. The molecule has 154 valence electrons. The van der Waals surface area contributed by atoms with Gasteiger partial charge in [0.25, 0.3) is 0 Å². The number of carbonyl (C=O) groups is 1. The van der Waals surface area contributed by atoms with Gasteiger partial charge in [-0.25, -0.2) is 9.67 Å². The molecule has 0 N–H and O–H groups in total. The number of nitrogens with zero attached hydrogens (tertiary/aromatic N) is 3. The van der Waals surface area contributed by atoms with Crippen molar-refractivity contribution in [3.8, 4) is 22.8 Å². The lowest BCUT2D eigenvalue weighted by Crippen LogP contribution is -2.05. The largest absolute Gasteiger partial charge is 0.426 e. The van der Waals surface area contributed by atoms with Crippen LogP contribution in [0.1, 0.15) is 18.3 Å². The maximum atomic E-state index is 11.6. The average molecular weight is 428 g/mol. The van der Waals surface area contributed by atoms with E-state index in [4.69, 9.17) is 14.8 Å². The van der Waals surface area contributed by atoms with Gasteiger partial charge in [-0.3, -0.25) is 4.79 Å². The predicted octanol–water partition coefficient (Wildman–Crippen LogP) is 5.75. The van der Waals surface area contributed by atoms with E-state index in [0.29, 0.717) is 23.0 Å². The second-order valence-corrected chi connectivity index (χ2v) is 7.62. The number of rotatable bonds is 6. The van der Waals surface area contributed by atoms with Crippen LogP contribution in [0, 0.1) is 0 Å². The van der Waals surface area contributed by atoms with Crippen molar-refractivity contribution in [1.29, 1.82) is 0 Å². The van der Waals surface area contributed by atoms with Crippen LogP contribution in [0.3, 0.4) is 0 Å². The van der Waals surface area contributed by atoms with Crippen molar-refractivity contribution in [3.63, 3.8) is 0 Å². The average Bonchev–Trinajstić information content (AvgIpc) is 3.23. The highest BCUT2D eigenvalue weighted by atomic mass is 32.2. The molecule has 0 aliphatic carbocycles. The third-order valence-corrected chi connectivity index (χ3v) is 5.29. The van der Waals surface area contributed by atoms with E-state index in [-0.39, 0.29) is 5.97 Å². The Balaban J connectivity index is 1.77. The van der Waals surface area contributed by atoms with Crippen LogP contribution in [-0.4, -0.2) is 27.0 Å². The van der Waals surface area contributed by atoms with Crippen molar-refractivity contribution >= 4 is 29.9 Å². The normalized spacial score (nSPS) is 11.0. The number of hydrogen-bond donors (Lipinski definition) is 0. The molecule has 1 heterocycles. The van der Waals surface area contributed by atoms with Gasteiger partial charge in [0, 0.05) is 11.8 Å². The fourth-order valence-electron chi connectivity index (χ4n) is 3.10. The first-order valence-corrected chi connectivity index (χ1v) is 11.0. The summed E-state index contributed by atoms with van der Waals surface area (Å²) in [7, 11) is 0. The van der Waals surface area contributed by atoms with Crippen LogP contribution in [0.2, 0.25) is 0 Å². The van der Waals surface area contributed by atoms with Crippen LogP contribution < -0.4 is 4.74 Å². The third kappa shape index (κ3) is 4.92. The van der Waals surface area contributed by atoms with E-state index in [9.17, 15) is 4.79 Å². The van der Waals surface area contributed by atoms with Gasteiger partial charge >= 0.3 is 5.97 Å². The summed E-state index contributed by atoms with van der Waals surface area (Å²) in [5, 5.41) is 4.70. The maximum absolute atomic E-state index is 11.6. The minimum Gasteiger partial charge on any atom is -0.426 e. The smallest absolute Gasteiger partial charge is 0.308 e. The van der Waals surface area contributed by atoms with E-state index in [1.54, 1.807) is 22.5 Å². The lowest BCUT2D eigenvalue weighted by Gasteiger charge is -2.09. The SMILES string of the molecule is CSc1ccc(/C=C/c2nc(-c3ccccc3OC(C)=O)n(-c3ccccc3)n2)cc1. The molecule has 0 atom stereocenters. The molecule has 0 bridgehead atoms. The highest BCUT2D eigenvalue weighted by molar-refractivity contribution is 7.98. The zero-order valence-electron chi connectivity index (χ0n) is 17.2. The zero-order valence-corrected chi connectivity index (χ0v) is 18.0. The standard InChI is InChI=1S/C25H21N3O2S/c1-18(29)30-23-11-7-6-10-22(23)25-26-24(27-28(25)20-8-4-3-5-9-20)17-14-19-12-15-21(31-2)16-13-19/h3-17H,1-2H3/b17-14+. The number of hydrogen-bond acceptors (Lipinski definition) is 5. The number of ether oxygens (including phenoxy) is 1. The predicted molar refractivity (Wildman–Crippen MR) is 125 cm³/mol. The molecule has 0 radical (unpaired) electrons. The van der Waals surface area contributed by atoms with E-state index in [1.165, 1.54) is 11.8 Å². The quantitative estimate of drug-likeness (QED) is 0.223. The highest BCUT2D eigenvalue weighted by Crippen LogP contribution is 2.30. The Kier molecular flexibility index (Phi) is 6.29. The van der Waals surface area contributed by atoms with Crippen molar-refractivity contribution in [2.75, 3.05) is 6.26 Å². The summed E-state index contributed by atoms with van der Waals surface area (Å²) < 4.78 is 7.17. The summed E-state index contributed by atoms with van der Waals surface area (Å²) >= 11 is 1.71. The van der Waals surface area contributed by atoms with Gasteiger partial charge < -0.3 is 4.74 Å². The van der Waals surface area contributed by atoms with Gasteiger partial charge in [-0.05, 0) is 54.3 Å². The van der Waals surface area contributed by atoms with Crippen molar-refractivity contribution < 1.29 is 9.53 Å². The maximum Gasteiger partial charge on any atom is 0.308 e. The van der Waals surface area contributed by atoms with Gasteiger partial charge in [-0.1, -0.05) is 48.5 Å². The van der Waals surface area contributed by atoms with E-state index in [0.717, 1.165) is 11.3 Å². The first-order valence-electron chi connectivity index (χ1n) is 9.76. The zero-order chi connectivity index (χ0) is 21.6. The van der Waals surface area contributed by atoms with Gasteiger partial charge in [0.2, 0.25) is 0 Å². The third-order valence-electron chi connectivity index (χ3n) is 4.55. The van der Waals surface area contributed by atoms with Gasteiger partial charge in [0.15, 0.2) is 11.6 Å². The molecule has 0 unspecified atom stereocenters. The van der Waals surface area contributed by atoms with Crippen molar-refractivity contribution in [2.45, 2.75) is 11.8 Å². The molecule has 0 amide bonds. The van der Waals surface area contributed by atoms with E-state index < -0.39 is 0 Å². The molecular weight excluding hydrogens is 406 g/mol. The Morgan fingerprint density at radius 1 is 0.935 bits per heavy atom. The topological polar surface area (TPSA) is 57.0 Å². The highest BCUT2D eigenvalue weighted by Gasteiger charge is 2.17. The van der Waals surface area contributed by atoms with Gasteiger partial charge in [0.05, 0.1) is 11.3 Å². The Hall–Kier alpha value is -3.64. The summed E-state index contributed by atoms with van der Waals surface area (Å²) in [6.45, 7) is 1.38. The molecule has 4 aromatic rings. The molecule has 3 aromatic carbocycles. The molecule has 0 saturated carbocycles. The Bertz CT molecular complexity index is 1220. The van der Waals surface area contributed by atoms with E-state index in [2.05, 4.69) is 30.5 Å². The van der Waals surface area contributed by atoms with Gasteiger partial charge in [-0.2, -0.15) is 0 Å². The summed E-state index contributed by atoms with van der Waals surface area (Å²) in [5.41, 5.74) is 2.63. The summed E-state index contributed by atoms with van der Waals surface area (Å²) in [6, 6.07) is 25.4. The molecule has 0 aliphatic rings. The molecule has 5 nitrogen and oxygen atoms in total. The Morgan fingerprint density at radius 2 is 1.65 bits per heavy atom. The summed E-state index contributed by atoms with van der Waals surface area (Å²) in [5.74, 6) is 1.22. The fourth-order valence-corrected chi connectivity index (χ4v) is 3.51. The number of esters is 1. The summed E-state index contributed by atoms with van der Waals surface area (Å²) in [6.07, 6.45) is 5.92. The minimum absolute atomic E-state index is 0.382. The molecule has 1 aromatic heterocycles. The van der Waals surface area contributed by atoms with Crippen LogP contribution in [-0.2, 0) is 4.79 Å². The molecule has 0 spiro atoms. The van der Waals surface area contributed by atoms with Gasteiger partial charge in [-0.15, -0.1) is 16.9 Å². The number of benzene rings is 3. The van der Waals surface area contributed by atoms with Crippen molar-refractivity contribution in [1.82, 2.24) is 14.8 Å². The number of aromatic nitrogens is 3. The number of para-hydroxylation sites is 2. The molecule has 0 saturated heterocycles. The van der Waals surface area contributed by atoms with Crippen LogP contribution in [0.15, 0.2) is 83.8 Å². The monoisotopic (exact) mass is 427 g/mol. The minimum atomic E-state index is -0.382. The molecule has 6 heteroatoms. The second-order valence-electron chi connectivity index (χ2n) is 6.74.